The van der Waals surface area contributed by atoms with E-state index in [9.17, 15) is 9.59 Å². The maximum Gasteiger partial charge on any atom is 0.305 e. The molecular formula is C16H22N2O3. The number of carbonyl (C=O) groups is 2. The number of hydrogen-bond donors (Lipinski definition) is 3. The average Bonchev–Trinajstić information content (AvgIpc) is 2.85. The highest BCUT2D eigenvalue weighted by Crippen LogP contribution is 2.32. The minimum atomic E-state index is -0.857. The molecule has 1 amide bonds. The van der Waals surface area contributed by atoms with Gasteiger partial charge >= 0.3 is 5.97 Å². The van der Waals surface area contributed by atoms with E-state index in [4.69, 9.17) is 10.8 Å². The predicted molar refractivity (Wildman–Crippen MR) is 80.8 cm³/mol. The number of nitrogen functional groups attached to an aromatic ring is 1. The van der Waals surface area contributed by atoms with Gasteiger partial charge in [-0.3, -0.25) is 9.59 Å². The van der Waals surface area contributed by atoms with Crippen LogP contribution in [0, 0.1) is 0 Å². The van der Waals surface area contributed by atoms with Crippen LogP contribution in [0.25, 0.3) is 0 Å². The van der Waals surface area contributed by atoms with Crippen molar-refractivity contribution in [1.29, 1.82) is 0 Å². The molecule has 5 nitrogen and oxygen atoms in total. The zero-order chi connectivity index (χ0) is 15.3. The smallest absolute Gasteiger partial charge is 0.305 e. The van der Waals surface area contributed by atoms with Crippen LogP contribution in [-0.2, 0) is 16.0 Å². The molecule has 1 aliphatic rings. The van der Waals surface area contributed by atoms with Crippen LogP contribution in [0.4, 0.5) is 5.69 Å². The van der Waals surface area contributed by atoms with Crippen molar-refractivity contribution in [2.24, 2.45) is 0 Å². The molecule has 1 saturated carbocycles. The van der Waals surface area contributed by atoms with E-state index in [1.165, 1.54) is 0 Å². The molecule has 0 saturated heterocycles. The molecule has 2 rings (SSSR count). The number of aliphatic carboxylic acids is 1. The first-order valence-corrected chi connectivity index (χ1v) is 7.37. The number of anilines is 1. The van der Waals surface area contributed by atoms with Crippen LogP contribution in [0.5, 0.6) is 0 Å². The molecule has 114 valence electrons. The summed E-state index contributed by atoms with van der Waals surface area (Å²) in [5.41, 5.74) is 6.94. The van der Waals surface area contributed by atoms with Gasteiger partial charge in [0, 0.05) is 12.1 Å². The number of benzene rings is 1. The largest absolute Gasteiger partial charge is 0.481 e. The van der Waals surface area contributed by atoms with Crippen molar-refractivity contribution in [3.63, 3.8) is 0 Å². The Hall–Kier alpha value is -2.04. The molecule has 1 aromatic carbocycles. The van der Waals surface area contributed by atoms with Gasteiger partial charge in [0.1, 0.15) is 0 Å². The first kappa shape index (κ1) is 15.4. The Morgan fingerprint density at radius 3 is 2.52 bits per heavy atom. The summed E-state index contributed by atoms with van der Waals surface area (Å²) in [5, 5.41) is 12.0. The molecule has 0 aromatic heterocycles. The maximum atomic E-state index is 12.1. The number of nitrogens with two attached hydrogens (primary N) is 1. The molecular weight excluding hydrogens is 268 g/mol. The van der Waals surface area contributed by atoms with Gasteiger partial charge in [0.25, 0.3) is 0 Å². The van der Waals surface area contributed by atoms with Gasteiger partial charge in [0.2, 0.25) is 5.91 Å². The van der Waals surface area contributed by atoms with Gasteiger partial charge in [-0.2, -0.15) is 0 Å². The minimum Gasteiger partial charge on any atom is -0.481 e. The Bertz CT molecular complexity index is 522. The third-order valence-electron chi connectivity index (χ3n) is 4.13. The summed E-state index contributed by atoms with van der Waals surface area (Å²) in [6.45, 7) is 0. The molecule has 21 heavy (non-hydrogen) atoms. The molecule has 0 aliphatic heterocycles. The van der Waals surface area contributed by atoms with Gasteiger partial charge in [-0.05, 0) is 30.9 Å². The van der Waals surface area contributed by atoms with Crippen molar-refractivity contribution < 1.29 is 14.7 Å². The zero-order valence-electron chi connectivity index (χ0n) is 12.1. The second-order valence-electron chi connectivity index (χ2n) is 5.80. The van der Waals surface area contributed by atoms with E-state index in [0.717, 1.165) is 31.2 Å². The SMILES string of the molecule is Nc1ccccc1CCC(=O)NC1(CC(=O)O)CCCC1. The van der Waals surface area contributed by atoms with E-state index in [2.05, 4.69) is 5.32 Å². The lowest BCUT2D eigenvalue weighted by molar-refractivity contribution is -0.139. The van der Waals surface area contributed by atoms with Crippen LogP contribution >= 0.6 is 0 Å². The quantitative estimate of drug-likeness (QED) is 0.700. The Morgan fingerprint density at radius 1 is 1.24 bits per heavy atom. The summed E-state index contributed by atoms with van der Waals surface area (Å²) in [4.78, 5) is 23.1. The number of aryl methyl sites for hydroxylation is 1. The van der Waals surface area contributed by atoms with E-state index in [1.807, 2.05) is 24.3 Å². The van der Waals surface area contributed by atoms with Crippen molar-refractivity contribution >= 4 is 17.6 Å². The summed E-state index contributed by atoms with van der Waals surface area (Å²) in [5.74, 6) is -0.953. The fourth-order valence-electron chi connectivity index (χ4n) is 3.06. The lowest BCUT2D eigenvalue weighted by Crippen LogP contribution is -2.47. The van der Waals surface area contributed by atoms with E-state index in [-0.39, 0.29) is 12.3 Å². The van der Waals surface area contributed by atoms with Gasteiger partial charge in [-0.15, -0.1) is 0 Å². The summed E-state index contributed by atoms with van der Waals surface area (Å²) in [6.07, 6.45) is 4.35. The Kier molecular flexibility index (Phi) is 4.83. The van der Waals surface area contributed by atoms with Crippen LogP contribution < -0.4 is 11.1 Å². The van der Waals surface area contributed by atoms with Crippen molar-refractivity contribution in [1.82, 2.24) is 5.32 Å². The van der Waals surface area contributed by atoms with Gasteiger partial charge in [-0.1, -0.05) is 31.0 Å². The Balaban J connectivity index is 1.91. The van der Waals surface area contributed by atoms with Crippen molar-refractivity contribution in [3.8, 4) is 0 Å². The van der Waals surface area contributed by atoms with E-state index < -0.39 is 11.5 Å². The zero-order valence-corrected chi connectivity index (χ0v) is 12.1. The highest BCUT2D eigenvalue weighted by Gasteiger charge is 2.37. The lowest BCUT2D eigenvalue weighted by atomic mass is 9.92. The molecule has 0 heterocycles. The third kappa shape index (κ3) is 4.21. The van der Waals surface area contributed by atoms with Crippen LogP contribution in [-0.4, -0.2) is 22.5 Å². The third-order valence-corrected chi connectivity index (χ3v) is 4.13. The highest BCUT2D eigenvalue weighted by atomic mass is 16.4. The van der Waals surface area contributed by atoms with Gasteiger partial charge in [0.15, 0.2) is 0 Å². The normalized spacial score (nSPS) is 16.6. The van der Waals surface area contributed by atoms with Crippen LogP contribution in [0.3, 0.4) is 0 Å². The van der Waals surface area contributed by atoms with Crippen LogP contribution in [0.1, 0.15) is 44.1 Å². The molecule has 5 heteroatoms. The van der Waals surface area contributed by atoms with E-state index in [0.29, 0.717) is 18.5 Å². The topological polar surface area (TPSA) is 92.4 Å². The van der Waals surface area contributed by atoms with Crippen LogP contribution in [0.2, 0.25) is 0 Å². The molecule has 0 spiro atoms. The second-order valence-corrected chi connectivity index (χ2v) is 5.80. The highest BCUT2D eigenvalue weighted by molar-refractivity contribution is 5.79. The standard InChI is InChI=1S/C16H22N2O3/c17-13-6-2-1-5-12(13)7-8-14(19)18-16(11-15(20)21)9-3-4-10-16/h1-2,5-6H,3-4,7-11,17H2,(H,18,19)(H,20,21). The second kappa shape index (κ2) is 6.61. The summed E-state index contributed by atoms with van der Waals surface area (Å²) >= 11 is 0. The maximum absolute atomic E-state index is 12.1. The van der Waals surface area contributed by atoms with Gasteiger partial charge in [0.05, 0.1) is 12.0 Å². The number of nitrogens with one attached hydrogen (secondary N) is 1. The fourth-order valence-corrected chi connectivity index (χ4v) is 3.06. The fraction of sp³-hybridized carbons (Fsp3) is 0.500. The molecule has 4 N–H and O–H groups in total. The minimum absolute atomic E-state index is 0.00617. The lowest BCUT2D eigenvalue weighted by Gasteiger charge is -2.28. The summed E-state index contributed by atoms with van der Waals surface area (Å²) < 4.78 is 0. The van der Waals surface area contributed by atoms with E-state index in [1.54, 1.807) is 0 Å². The molecule has 0 bridgehead atoms. The first-order chi connectivity index (χ1) is 10.0. The summed E-state index contributed by atoms with van der Waals surface area (Å²) in [7, 11) is 0. The molecule has 0 atom stereocenters. The molecule has 1 aromatic rings. The van der Waals surface area contributed by atoms with Gasteiger partial charge in [-0.25, -0.2) is 0 Å². The number of para-hydroxylation sites is 1. The number of carboxylic acids is 1. The van der Waals surface area contributed by atoms with Crippen molar-refractivity contribution in [2.45, 2.75) is 50.5 Å². The van der Waals surface area contributed by atoms with E-state index >= 15 is 0 Å². The summed E-state index contributed by atoms with van der Waals surface area (Å²) in [6, 6.07) is 7.48. The Morgan fingerprint density at radius 2 is 1.90 bits per heavy atom. The predicted octanol–water partition coefficient (Wildman–Crippen LogP) is 2.11. The molecule has 0 unspecified atom stereocenters. The van der Waals surface area contributed by atoms with Crippen LogP contribution in [0.15, 0.2) is 24.3 Å². The number of amides is 1. The molecule has 1 fully saturated rings. The molecule has 1 aliphatic carbocycles. The number of carbonyl (C=O) groups excluding carboxylic acids is 1. The van der Waals surface area contributed by atoms with Gasteiger partial charge < -0.3 is 16.2 Å². The molecule has 0 radical (unpaired) electrons. The number of carboxylic acid groups (broad SMARTS) is 1. The van der Waals surface area contributed by atoms with Crippen molar-refractivity contribution in [3.05, 3.63) is 29.8 Å². The first-order valence-electron chi connectivity index (χ1n) is 7.37. The van der Waals surface area contributed by atoms with Crippen molar-refractivity contribution in [2.75, 3.05) is 5.73 Å². The number of hydrogen-bond acceptors (Lipinski definition) is 3. The monoisotopic (exact) mass is 290 g/mol. The number of rotatable bonds is 6. The average molecular weight is 290 g/mol. The Labute approximate surface area is 124 Å².